The number of sulfonamides is 1. The van der Waals surface area contributed by atoms with Crippen molar-refractivity contribution in [1.82, 2.24) is 4.31 Å². The van der Waals surface area contributed by atoms with Crippen molar-refractivity contribution in [2.45, 2.75) is 11.1 Å². The van der Waals surface area contributed by atoms with Crippen LogP contribution >= 0.6 is 27.3 Å². The molecule has 1 rings (SSSR count). The number of likely N-dealkylation sites (N-methyl/N-ethyl adjacent to an activating group) is 1. The first-order valence-electron chi connectivity index (χ1n) is 4.38. The van der Waals surface area contributed by atoms with Gasteiger partial charge in [-0.2, -0.15) is 4.31 Å². The van der Waals surface area contributed by atoms with E-state index in [0.717, 1.165) is 3.79 Å². The maximum atomic E-state index is 12.0. The molecule has 0 spiro atoms. The molecule has 1 aromatic heterocycles. The second-order valence-electron chi connectivity index (χ2n) is 2.80. The second kappa shape index (κ2) is 5.25. The van der Waals surface area contributed by atoms with Crippen LogP contribution in [0.4, 0.5) is 0 Å². The highest BCUT2D eigenvalue weighted by Crippen LogP contribution is 2.28. The zero-order chi connectivity index (χ0) is 11.5. The summed E-state index contributed by atoms with van der Waals surface area (Å²) in [5.74, 6) is 0. The molecule has 0 aliphatic carbocycles. The van der Waals surface area contributed by atoms with Gasteiger partial charge in [-0.3, -0.25) is 0 Å². The Morgan fingerprint density at radius 2 is 2.27 bits per heavy atom. The van der Waals surface area contributed by atoms with E-state index in [0.29, 0.717) is 17.3 Å². The summed E-state index contributed by atoms with van der Waals surface area (Å²) in [6.45, 7) is 6.15. The summed E-state index contributed by atoms with van der Waals surface area (Å²) >= 11 is 4.47. The van der Waals surface area contributed by atoms with Gasteiger partial charge in [0.05, 0.1) is 3.79 Å². The normalized spacial score (nSPS) is 11.9. The van der Waals surface area contributed by atoms with Crippen molar-refractivity contribution in [2.24, 2.45) is 0 Å². The maximum Gasteiger partial charge on any atom is 0.252 e. The number of hydrogen-bond donors (Lipinski definition) is 0. The lowest BCUT2D eigenvalue weighted by Gasteiger charge is -2.17. The van der Waals surface area contributed by atoms with Crippen LogP contribution in [-0.2, 0) is 10.0 Å². The first-order chi connectivity index (χ1) is 7.02. The van der Waals surface area contributed by atoms with E-state index in [2.05, 4.69) is 22.5 Å². The molecule has 0 saturated carbocycles. The van der Waals surface area contributed by atoms with Gasteiger partial charge in [-0.25, -0.2) is 8.42 Å². The third-order valence-electron chi connectivity index (χ3n) is 1.83. The lowest BCUT2D eigenvalue weighted by atomic mass is 10.6. The fourth-order valence-corrected chi connectivity index (χ4v) is 4.69. The van der Waals surface area contributed by atoms with Crippen LogP contribution in [0.2, 0.25) is 0 Å². The fraction of sp³-hybridized carbons (Fsp3) is 0.333. The van der Waals surface area contributed by atoms with Crippen LogP contribution < -0.4 is 0 Å². The van der Waals surface area contributed by atoms with Gasteiger partial charge >= 0.3 is 0 Å². The van der Waals surface area contributed by atoms with E-state index in [1.54, 1.807) is 18.2 Å². The zero-order valence-corrected chi connectivity index (χ0v) is 11.5. The summed E-state index contributed by atoms with van der Waals surface area (Å²) in [6, 6.07) is 3.34. The highest BCUT2D eigenvalue weighted by Gasteiger charge is 2.23. The highest BCUT2D eigenvalue weighted by molar-refractivity contribution is 9.11. The molecule has 1 aromatic rings. The van der Waals surface area contributed by atoms with Gasteiger partial charge in [0, 0.05) is 13.1 Å². The molecule has 0 aliphatic rings. The molecule has 0 saturated heterocycles. The molecule has 0 aromatic carbocycles. The van der Waals surface area contributed by atoms with E-state index < -0.39 is 10.0 Å². The molecule has 0 bridgehead atoms. The Balaban J connectivity index is 3.05. The Bertz CT molecular complexity index is 439. The van der Waals surface area contributed by atoms with E-state index in [-0.39, 0.29) is 0 Å². The summed E-state index contributed by atoms with van der Waals surface area (Å²) in [4.78, 5) is 0. The topological polar surface area (TPSA) is 37.4 Å². The van der Waals surface area contributed by atoms with Crippen molar-refractivity contribution in [3.63, 3.8) is 0 Å². The molecule has 0 amide bonds. The van der Waals surface area contributed by atoms with Crippen molar-refractivity contribution < 1.29 is 8.42 Å². The van der Waals surface area contributed by atoms with Crippen molar-refractivity contribution in [3.8, 4) is 0 Å². The van der Waals surface area contributed by atoms with Gasteiger partial charge in [0.2, 0.25) is 0 Å². The molecule has 3 nitrogen and oxygen atoms in total. The Labute approximate surface area is 103 Å². The van der Waals surface area contributed by atoms with Crippen LogP contribution in [-0.4, -0.2) is 25.8 Å². The van der Waals surface area contributed by atoms with Gasteiger partial charge in [-0.1, -0.05) is 13.0 Å². The second-order valence-corrected chi connectivity index (χ2v) is 7.43. The minimum Gasteiger partial charge on any atom is -0.206 e. The van der Waals surface area contributed by atoms with E-state index in [9.17, 15) is 8.42 Å². The summed E-state index contributed by atoms with van der Waals surface area (Å²) in [7, 11) is -3.34. The predicted molar refractivity (Wildman–Crippen MR) is 66.6 cm³/mol. The molecule has 0 atom stereocenters. The maximum absolute atomic E-state index is 12.0. The van der Waals surface area contributed by atoms with Crippen LogP contribution in [0.15, 0.2) is 32.8 Å². The molecule has 0 unspecified atom stereocenters. The first kappa shape index (κ1) is 12.9. The first-order valence-corrected chi connectivity index (χ1v) is 7.43. The summed E-state index contributed by atoms with van der Waals surface area (Å²) in [5, 5.41) is 0. The number of hydrogen-bond acceptors (Lipinski definition) is 3. The standard InChI is InChI=1S/C9H12BrNO2S2/c1-3-7-11(4-2)15(12,13)9-6-5-8(10)14-9/h3,5-6H,1,4,7H2,2H3. The lowest BCUT2D eigenvalue weighted by Crippen LogP contribution is -2.30. The molecule has 15 heavy (non-hydrogen) atoms. The number of rotatable bonds is 5. The molecule has 1 heterocycles. The largest absolute Gasteiger partial charge is 0.252 e. The highest BCUT2D eigenvalue weighted by atomic mass is 79.9. The number of nitrogens with zero attached hydrogens (tertiary/aromatic N) is 1. The van der Waals surface area contributed by atoms with Gasteiger partial charge in [-0.05, 0) is 28.1 Å². The van der Waals surface area contributed by atoms with Crippen molar-refractivity contribution >= 4 is 37.3 Å². The van der Waals surface area contributed by atoms with E-state index in [1.807, 2.05) is 6.92 Å². The lowest BCUT2D eigenvalue weighted by molar-refractivity contribution is 0.461. The quantitative estimate of drug-likeness (QED) is 0.784. The van der Waals surface area contributed by atoms with Crippen molar-refractivity contribution in [2.75, 3.05) is 13.1 Å². The minimum atomic E-state index is -3.34. The summed E-state index contributed by atoms with van der Waals surface area (Å²) < 4.78 is 26.6. The van der Waals surface area contributed by atoms with Gasteiger partial charge < -0.3 is 0 Å². The average molecular weight is 310 g/mol. The summed E-state index contributed by atoms with van der Waals surface area (Å²) in [6.07, 6.45) is 1.59. The predicted octanol–water partition coefficient (Wildman–Crippen LogP) is 2.71. The van der Waals surface area contributed by atoms with Crippen LogP contribution in [0.25, 0.3) is 0 Å². The van der Waals surface area contributed by atoms with Crippen LogP contribution in [0, 0.1) is 0 Å². The monoisotopic (exact) mass is 309 g/mol. The van der Waals surface area contributed by atoms with Crippen molar-refractivity contribution in [3.05, 3.63) is 28.6 Å². The number of halogens is 1. The Morgan fingerprint density at radius 3 is 2.67 bits per heavy atom. The van der Waals surface area contributed by atoms with E-state index in [4.69, 9.17) is 0 Å². The molecule has 84 valence electrons. The van der Waals surface area contributed by atoms with Crippen LogP contribution in [0.1, 0.15) is 6.92 Å². The molecule has 0 aliphatic heterocycles. The van der Waals surface area contributed by atoms with Crippen LogP contribution in [0.3, 0.4) is 0 Å². The number of thiophene rings is 1. The smallest absolute Gasteiger partial charge is 0.206 e. The molecular weight excluding hydrogens is 298 g/mol. The van der Waals surface area contributed by atoms with Gasteiger partial charge in [0.15, 0.2) is 0 Å². The van der Waals surface area contributed by atoms with Gasteiger partial charge in [0.1, 0.15) is 4.21 Å². The Hall–Kier alpha value is -0.170. The SMILES string of the molecule is C=CCN(CC)S(=O)(=O)c1ccc(Br)s1. The van der Waals surface area contributed by atoms with E-state index in [1.165, 1.54) is 15.6 Å². The Morgan fingerprint density at radius 1 is 1.60 bits per heavy atom. The molecule has 0 radical (unpaired) electrons. The molecule has 6 heteroatoms. The fourth-order valence-electron chi connectivity index (χ4n) is 1.10. The third kappa shape index (κ3) is 2.90. The average Bonchev–Trinajstić information content (AvgIpc) is 2.61. The molecule has 0 N–H and O–H groups in total. The van der Waals surface area contributed by atoms with E-state index >= 15 is 0 Å². The Kier molecular flexibility index (Phi) is 4.51. The van der Waals surface area contributed by atoms with Gasteiger partial charge in [0.25, 0.3) is 10.0 Å². The third-order valence-corrected chi connectivity index (χ3v) is 5.86. The molecule has 0 fully saturated rings. The van der Waals surface area contributed by atoms with Crippen LogP contribution in [0.5, 0.6) is 0 Å². The molecular formula is C9H12BrNO2S2. The van der Waals surface area contributed by atoms with Crippen molar-refractivity contribution in [1.29, 1.82) is 0 Å². The van der Waals surface area contributed by atoms with Gasteiger partial charge in [-0.15, -0.1) is 17.9 Å². The minimum absolute atomic E-state index is 0.342. The zero-order valence-electron chi connectivity index (χ0n) is 8.31. The summed E-state index contributed by atoms with van der Waals surface area (Å²) in [5.41, 5.74) is 0.